The van der Waals surface area contributed by atoms with Crippen molar-refractivity contribution >= 4 is 134 Å². The molecule has 7 heterocycles. The van der Waals surface area contributed by atoms with Gasteiger partial charge in [0.25, 0.3) is 7.47 Å². The van der Waals surface area contributed by atoms with E-state index in [9.17, 15) is 101 Å². The smallest absolute Gasteiger partial charge is 0.388 e. The maximum atomic E-state index is 13.0. The number of phosphoric acid groups is 7. The second kappa shape index (κ2) is 48.6. The van der Waals surface area contributed by atoms with Crippen molar-refractivity contribution in [2.75, 3.05) is 60.0 Å². The number of ether oxygens (including phenoxy) is 8. The van der Waals surface area contributed by atoms with Crippen molar-refractivity contribution < 1.29 is 252 Å². The van der Waals surface area contributed by atoms with E-state index in [1.807, 2.05) is 15.1 Å². The number of hydrogen-bond donors (Lipinski definition) is 25. The van der Waals surface area contributed by atoms with Crippen molar-refractivity contribution in [1.82, 2.24) is 0 Å². The number of phosphoric ester groups is 4. The second-order valence-corrected chi connectivity index (χ2v) is 42.5. The van der Waals surface area contributed by atoms with E-state index < -0.39 is 254 Å². The molecule has 666 valence electrons. The zero-order valence-electron chi connectivity index (χ0n) is 58.5. The van der Waals surface area contributed by atoms with Crippen LogP contribution in [0.1, 0.15) is 49.0 Å². The Balaban J connectivity index is 0.00000129. The molecular weight excluding hydrogens is 1910 g/mol. The van der Waals surface area contributed by atoms with E-state index in [4.69, 9.17) is 142 Å². The first-order valence-electron chi connectivity index (χ1n) is 30.8. The Morgan fingerprint density at radius 3 is 0.938 bits per heavy atom. The molecule has 68 heteroatoms. The number of halogens is 3. The fourth-order valence-electron chi connectivity index (χ4n) is 9.33. The Kier molecular flexibility index (Phi) is 49.5. The predicted octanol–water partition coefficient (Wildman–Crippen LogP) is -4.76. The van der Waals surface area contributed by atoms with Crippen LogP contribution in [0.2, 0.25) is 0 Å². The van der Waals surface area contributed by atoms with Crippen LogP contribution in [0.15, 0.2) is 0 Å². The number of alkyl halides is 3. The van der Waals surface area contributed by atoms with E-state index in [2.05, 4.69) is 51.5 Å². The second-order valence-electron chi connectivity index (χ2n) is 23.9. The molecule has 3 unspecified atom stereocenters. The molecule has 0 aromatic heterocycles. The third kappa shape index (κ3) is 44.6. The summed E-state index contributed by atoms with van der Waals surface area (Å²) in [6.45, 7) is 7.27. The first-order valence-corrected chi connectivity index (χ1v) is 50.2. The van der Waals surface area contributed by atoms with Crippen LogP contribution in [0.3, 0.4) is 0 Å². The molecule has 7 saturated heterocycles. The summed E-state index contributed by atoms with van der Waals surface area (Å²) in [5.41, 5.74) is 0. The summed E-state index contributed by atoms with van der Waals surface area (Å²) in [6, 6.07) is -0.838. The van der Waals surface area contributed by atoms with E-state index in [1.165, 1.54) is 27.9 Å². The van der Waals surface area contributed by atoms with Gasteiger partial charge >= 0.3 is 165 Å². The van der Waals surface area contributed by atoms with Crippen LogP contribution >= 0.6 is 104 Å². The van der Waals surface area contributed by atoms with Gasteiger partial charge in [0.05, 0.1) is 86.5 Å². The molecule has 7 aliphatic rings. The molecule has 0 aromatic rings. The molecule has 7 aliphatic heterocycles. The standard InChI is InChI=1S/C7H16O9P2.C6H13BO9P2.C6H12BO7P.C6H12BrO6P.C6H12ClO6P.C6H12FO6P.C6H14O9P2Se.CH4/c1-4-6(8)7(9)5(15-4)3-14-17(2,10)16-18(11,12)13;1-3-5(8)6(9)4(15-3)2-14-17(7,10)16-18(11,12)13;1-12-5-4(8)3(14-6(5)7)2-13-15(9,10)11;3*1-3-5(7)6(8)4(13-3)2-12-14(9,10)11;1-3-5(7)6(8)4(14-3)2-13-17(12,18)15-16(9,10)11;/h4-9H,3H2,1-2H3,(H2,11,12,13);3-6,8-9H,2H2,1H3,(H2,11,12,13);3-6,8H,2H2,1H3,(H2,9,10,11);3*3-6,8H,2H2,1H3,(H2,9,10,11);3-8H,2H2,1H3,(H,12,18)(H2,9,10,11);1H4/t4-,5+,6-,7+,17?;3-,4+,5-,6+,17?;3-,4-,5-,6-;3*3-,4+,5-,6+;3-,4+,5-,6+,17?;/m0010000./s1. The monoisotopic (exact) mass is 2000 g/mol. The maximum absolute atomic E-state index is 13.0. The van der Waals surface area contributed by atoms with Crippen LogP contribution < -0.4 is 0 Å². The quantitative estimate of drug-likeness (QED) is 0.0199. The molecule has 7 fully saturated rings. The summed E-state index contributed by atoms with van der Waals surface area (Å²) in [4.78, 5) is 127. The molecule has 0 spiro atoms. The van der Waals surface area contributed by atoms with E-state index in [-0.39, 0.29) is 44.3 Å². The number of aliphatic hydroxyl groups is 10. The first kappa shape index (κ1) is 114. The summed E-state index contributed by atoms with van der Waals surface area (Å²) < 4.78 is 192. The van der Waals surface area contributed by atoms with Gasteiger partial charge in [-0.3, -0.25) is 27.2 Å². The van der Waals surface area contributed by atoms with Crippen molar-refractivity contribution in [3.63, 3.8) is 0 Å². The van der Waals surface area contributed by atoms with Crippen molar-refractivity contribution in [1.29, 1.82) is 0 Å². The van der Waals surface area contributed by atoms with Crippen molar-refractivity contribution in [3.05, 3.63) is 0 Å². The summed E-state index contributed by atoms with van der Waals surface area (Å²) >= 11 is 10.9. The summed E-state index contributed by atoms with van der Waals surface area (Å²) in [5.74, 6) is 0. The van der Waals surface area contributed by atoms with Gasteiger partial charge in [-0.2, -0.15) is 0 Å². The SMILES string of the molecule is C.C[C@@H]1O[C@H](COP(=O)(O)O)[C@@H](O)[C@H]1Br.C[C@@H]1O[C@H](COP(=O)(O)O)[C@@H](O)[C@H]1Cl.C[C@@H]1O[C@H](COP(=O)(O)O)[C@@H](O)[C@H]1F.C[C@@H]1O[C@H](COP(C)(=O)OP(=O)(O)O)[C@@H](O)[C@H]1O.C[C@@H]1O[C@H](COP(O)(=[Se])OP(=O)(O)O)[C@@H](O)[C@H]1O.[B]P(=O)(OC[C@H]1O[C@@H](C)[C@H](O)[C@@H]1O)OP(=O)(O)O.[B][C@@H]1O[C@H](COP(=O)(O)O)[C@@H](O)[C@H]1OC. The molecule has 0 bridgehead atoms. The van der Waals surface area contributed by atoms with Gasteiger partial charge in [-0.1, -0.05) is 23.4 Å². The van der Waals surface area contributed by atoms with Crippen LogP contribution in [0.5, 0.6) is 0 Å². The van der Waals surface area contributed by atoms with Crippen molar-refractivity contribution in [2.24, 2.45) is 0 Å². The molecule has 25 N–H and O–H groups in total. The Bertz CT molecular complexity index is 3020. The molecule has 7 rings (SSSR count). The summed E-state index contributed by atoms with van der Waals surface area (Å²) in [7, 11) is -29.8. The van der Waals surface area contributed by atoms with Crippen molar-refractivity contribution in [3.8, 4) is 0 Å². The van der Waals surface area contributed by atoms with Crippen LogP contribution in [0.4, 0.5) is 4.39 Å². The van der Waals surface area contributed by atoms with Crippen LogP contribution in [0.25, 0.3) is 0 Å². The summed E-state index contributed by atoms with van der Waals surface area (Å²) in [6.07, 6.45) is -27.0. The average Bonchev–Trinajstić information content (AvgIpc) is 1.07. The molecule has 0 saturated carbocycles. The van der Waals surface area contributed by atoms with Gasteiger partial charge in [0, 0.05) is 19.8 Å². The van der Waals surface area contributed by atoms with Crippen LogP contribution in [-0.2, 0) is 124 Å². The third-order valence-corrected chi connectivity index (χ3v) is 27.5. The van der Waals surface area contributed by atoms with E-state index in [1.54, 1.807) is 20.8 Å². The van der Waals surface area contributed by atoms with E-state index in [0.29, 0.717) is 0 Å². The number of methoxy groups -OCH3 is 1. The fourth-order valence-corrected chi connectivity index (χ4v) is 18.9. The first-order chi connectivity index (χ1) is 49.8. The number of rotatable bonds is 28. The number of aliphatic hydroxyl groups excluding tert-OH is 10. The normalized spacial score (nSPS) is 37.2. The molecule has 0 aromatic carbocycles. The summed E-state index contributed by atoms with van der Waals surface area (Å²) in [5, 5.41) is 93.8. The Labute approximate surface area is 661 Å². The van der Waals surface area contributed by atoms with Crippen molar-refractivity contribution in [2.45, 2.75) is 218 Å². The minimum atomic E-state index is -5.05. The fraction of sp³-hybridized carbons (Fsp3) is 1.00. The van der Waals surface area contributed by atoms with Gasteiger partial charge in [0.2, 0.25) is 7.57 Å². The average molecular weight is 2000 g/mol. The van der Waals surface area contributed by atoms with Gasteiger partial charge in [0.15, 0.2) is 6.17 Å². The van der Waals surface area contributed by atoms with Crippen LogP contribution in [-0.4, -0.2) is 384 Å². The van der Waals surface area contributed by atoms with E-state index >= 15 is 0 Å². The minimum absolute atomic E-state index is 0. The Morgan fingerprint density at radius 2 is 0.670 bits per heavy atom. The minimum Gasteiger partial charge on any atom is -0.388 e. The zero-order chi connectivity index (χ0) is 86.8. The van der Waals surface area contributed by atoms with Gasteiger partial charge in [0.1, 0.15) is 93.3 Å². The van der Waals surface area contributed by atoms with Gasteiger partial charge in [-0.25, -0.2) is 40.4 Å². The maximum Gasteiger partial charge on any atom is 0.476 e. The zero-order valence-corrected chi connectivity index (χ0v) is 71.5. The van der Waals surface area contributed by atoms with Crippen LogP contribution in [0, 0.1) is 0 Å². The van der Waals surface area contributed by atoms with Gasteiger partial charge in [-0.05, 0) is 34.6 Å². The topological polar surface area (TPSA) is 826 Å². The molecule has 0 amide bonds. The van der Waals surface area contributed by atoms with Gasteiger partial charge in [-0.15, -0.1) is 11.6 Å². The molecule has 4 radical (unpaired) electrons. The Hall–Kier alpha value is 2.13. The van der Waals surface area contributed by atoms with Gasteiger partial charge < -0.3 is 142 Å². The Morgan fingerprint density at radius 1 is 0.384 bits per heavy atom. The number of hydrogen-bond acceptors (Lipinski definition) is 38. The molecule has 31 atom stereocenters. The predicted molar refractivity (Wildman–Crippen MR) is 376 cm³/mol. The molecule has 112 heavy (non-hydrogen) atoms. The molecular formula is C44H95B2BrClFO52P10Se. The van der Waals surface area contributed by atoms with E-state index in [0.717, 1.165) is 6.66 Å². The largest absolute Gasteiger partial charge is 0.476 e. The third-order valence-electron chi connectivity index (χ3n) is 14.7. The molecule has 0 aliphatic carbocycles. The molecule has 52 nitrogen and oxygen atoms in total.